The topological polar surface area (TPSA) is 42.2 Å². The van der Waals surface area contributed by atoms with Crippen LogP contribution in [0.15, 0.2) is 30.3 Å². The van der Waals surface area contributed by atoms with E-state index in [1.807, 2.05) is 6.07 Å². The average Bonchev–Trinajstić information content (AvgIpc) is 2.97. The van der Waals surface area contributed by atoms with Crippen LogP contribution in [0.1, 0.15) is 28.9 Å². The number of nitrogens with zero attached hydrogens (tertiary/aromatic N) is 3. The van der Waals surface area contributed by atoms with Crippen molar-refractivity contribution in [2.45, 2.75) is 32.4 Å². The summed E-state index contributed by atoms with van der Waals surface area (Å²) in [7, 11) is 0. The normalized spacial score (nSPS) is 18.4. The van der Waals surface area contributed by atoms with Gasteiger partial charge in [-0.3, -0.25) is 0 Å². The molecule has 0 fully saturated rings. The van der Waals surface area contributed by atoms with Gasteiger partial charge < -0.3 is 5.32 Å². The smallest absolute Gasteiger partial charge is 0.212 e. The molecular weight excluding hydrogens is 268 g/mol. The first-order valence-electron chi connectivity index (χ1n) is 6.93. The fourth-order valence-electron chi connectivity index (χ4n) is 2.69. The molecule has 1 aliphatic rings. The van der Waals surface area contributed by atoms with Crippen LogP contribution in [-0.4, -0.2) is 20.6 Å². The number of benzene rings is 1. The molecule has 0 bridgehead atoms. The van der Waals surface area contributed by atoms with E-state index in [0.717, 1.165) is 30.2 Å². The molecule has 102 valence electrons. The van der Waals surface area contributed by atoms with Crippen LogP contribution in [0.2, 0.25) is 0 Å². The van der Waals surface area contributed by atoms with Crippen molar-refractivity contribution in [2.24, 2.45) is 0 Å². The van der Waals surface area contributed by atoms with Crippen LogP contribution in [0.25, 0.3) is 4.96 Å². The molecule has 1 unspecified atom stereocenters. The van der Waals surface area contributed by atoms with Crippen molar-refractivity contribution in [3.63, 3.8) is 0 Å². The highest BCUT2D eigenvalue weighted by Gasteiger charge is 2.22. The van der Waals surface area contributed by atoms with E-state index in [9.17, 15) is 0 Å². The minimum Gasteiger partial charge on any atom is -0.309 e. The summed E-state index contributed by atoms with van der Waals surface area (Å²) in [5, 5.41) is 8.19. The molecule has 4 rings (SSSR count). The highest BCUT2D eigenvalue weighted by molar-refractivity contribution is 7.17. The van der Waals surface area contributed by atoms with Crippen molar-refractivity contribution >= 4 is 16.3 Å². The van der Waals surface area contributed by atoms with Gasteiger partial charge in [0.05, 0.1) is 5.69 Å². The van der Waals surface area contributed by atoms with Crippen molar-refractivity contribution in [3.05, 3.63) is 52.3 Å². The molecule has 0 radical (unpaired) electrons. The van der Waals surface area contributed by atoms with Crippen LogP contribution in [0, 0.1) is 0 Å². The number of hydrogen-bond donors (Lipinski definition) is 1. The minimum atomic E-state index is 0.516. The third-order valence-electron chi connectivity index (χ3n) is 3.73. The molecule has 2 aromatic heterocycles. The van der Waals surface area contributed by atoms with Crippen molar-refractivity contribution < 1.29 is 0 Å². The number of rotatable bonds is 2. The van der Waals surface area contributed by atoms with Crippen LogP contribution < -0.4 is 5.32 Å². The Labute approximate surface area is 121 Å². The number of hydrogen-bond acceptors (Lipinski definition) is 4. The number of thiazole rings is 1. The van der Waals surface area contributed by atoms with Gasteiger partial charge in [-0.1, -0.05) is 41.7 Å². The summed E-state index contributed by atoms with van der Waals surface area (Å²) in [6.45, 7) is 3.16. The van der Waals surface area contributed by atoms with Gasteiger partial charge in [-0.05, 0) is 12.5 Å². The molecule has 0 saturated carbocycles. The van der Waals surface area contributed by atoms with E-state index < -0.39 is 0 Å². The van der Waals surface area contributed by atoms with E-state index in [0.29, 0.717) is 6.04 Å². The quantitative estimate of drug-likeness (QED) is 0.786. The Morgan fingerprint density at radius 1 is 1.35 bits per heavy atom. The lowest BCUT2D eigenvalue weighted by atomic mass is 10.1. The van der Waals surface area contributed by atoms with E-state index in [4.69, 9.17) is 5.10 Å². The second-order valence-corrected chi connectivity index (χ2v) is 6.40. The maximum atomic E-state index is 4.70. The van der Waals surface area contributed by atoms with Crippen molar-refractivity contribution in [1.82, 2.24) is 19.9 Å². The Bertz CT molecular complexity index is 744. The highest BCUT2D eigenvalue weighted by Crippen LogP contribution is 2.26. The zero-order valence-electron chi connectivity index (χ0n) is 11.3. The summed E-state index contributed by atoms with van der Waals surface area (Å²) in [5.74, 6) is 0.913. The van der Waals surface area contributed by atoms with Gasteiger partial charge >= 0.3 is 0 Å². The first-order chi connectivity index (χ1) is 9.79. The standard InChI is InChI=1S/C15H16N4S/c1-10-7-12-13(9-16-10)20-15-17-14(18-19(12)15)8-11-5-3-2-4-6-11/h2-6,10,16H,7-9H2,1H3. The molecule has 4 nitrogen and oxygen atoms in total. The molecule has 1 atom stereocenters. The van der Waals surface area contributed by atoms with Crippen LogP contribution in [0.3, 0.4) is 0 Å². The Kier molecular flexibility index (Phi) is 2.82. The highest BCUT2D eigenvalue weighted by atomic mass is 32.1. The molecule has 1 N–H and O–H groups in total. The van der Waals surface area contributed by atoms with Crippen LogP contribution in [-0.2, 0) is 19.4 Å². The molecule has 0 amide bonds. The summed E-state index contributed by atoms with van der Waals surface area (Å²) in [5.41, 5.74) is 2.60. The molecule has 0 spiro atoms. The molecule has 5 heteroatoms. The van der Waals surface area contributed by atoms with Gasteiger partial charge in [-0.15, -0.1) is 5.10 Å². The van der Waals surface area contributed by atoms with Gasteiger partial charge in [-0.2, -0.15) is 0 Å². The SMILES string of the molecule is CC1Cc2c(sc3nc(Cc4ccccc4)nn23)CN1. The predicted octanol–water partition coefficient (Wildman–Crippen LogP) is 2.42. The van der Waals surface area contributed by atoms with Crippen LogP contribution >= 0.6 is 11.3 Å². The predicted molar refractivity (Wildman–Crippen MR) is 80.1 cm³/mol. The third kappa shape index (κ3) is 2.03. The summed E-state index contributed by atoms with van der Waals surface area (Å²) < 4.78 is 2.05. The zero-order valence-corrected chi connectivity index (χ0v) is 12.2. The minimum absolute atomic E-state index is 0.516. The molecule has 1 aromatic carbocycles. The van der Waals surface area contributed by atoms with Gasteiger partial charge in [0, 0.05) is 30.3 Å². The summed E-state index contributed by atoms with van der Waals surface area (Å²) in [6, 6.07) is 10.9. The first kappa shape index (κ1) is 12.1. The summed E-state index contributed by atoms with van der Waals surface area (Å²) in [6.07, 6.45) is 1.83. The Balaban J connectivity index is 1.70. The Morgan fingerprint density at radius 3 is 3.05 bits per heavy atom. The van der Waals surface area contributed by atoms with E-state index >= 15 is 0 Å². The van der Waals surface area contributed by atoms with Gasteiger partial charge in [-0.25, -0.2) is 9.50 Å². The number of fused-ring (bicyclic) bond motifs is 3. The van der Waals surface area contributed by atoms with Gasteiger partial charge in [0.2, 0.25) is 4.96 Å². The fourth-order valence-corrected chi connectivity index (χ4v) is 3.74. The third-order valence-corrected chi connectivity index (χ3v) is 4.80. The lowest BCUT2D eigenvalue weighted by molar-refractivity contribution is 0.505. The lowest BCUT2D eigenvalue weighted by Gasteiger charge is -2.19. The van der Waals surface area contributed by atoms with Crippen LogP contribution in [0.5, 0.6) is 0 Å². The number of aromatic nitrogens is 3. The second-order valence-electron chi connectivity index (χ2n) is 5.34. The maximum Gasteiger partial charge on any atom is 0.212 e. The lowest BCUT2D eigenvalue weighted by Crippen LogP contribution is -2.32. The number of nitrogens with one attached hydrogen (secondary N) is 1. The molecule has 20 heavy (non-hydrogen) atoms. The maximum absolute atomic E-state index is 4.70. The van der Waals surface area contributed by atoms with E-state index in [2.05, 4.69) is 46.0 Å². The Morgan fingerprint density at radius 2 is 2.20 bits per heavy atom. The average molecular weight is 284 g/mol. The van der Waals surface area contributed by atoms with Crippen LogP contribution in [0.4, 0.5) is 0 Å². The van der Waals surface area contributed by atoms with Crippen molar-refractivity contribution in [1.29, 1.82) is 0 Å². The molecule has 1 aliphatic heterocycles. The van der Waals surface area contributed by atoms with Gasteiger partial charge in [0.1, 0.15) is 0 Å². The Hall–Kier alpha value is -1.72. The summed E-state index contributed by atoms with van der Waals surface area (Å²) in [4.78, 5) is 7.08. The molecule has 3 heterocycles. The summed E-state index contributed by atoms with van der Waals surface area (Å²) >= 11 is 1.76. The van der Waals surface area contributed by atoms with E-state index in [1.165, 1.54) is 16.1 Å². The van der Waals surface area contributed by atoms with Crippen molar-refractivity contribution in [2.75, 3.05) is 0 Å². The fraction of sp³-hybridized carbons (Fsp3) is 0.333. The monoisotopic (exact) mass is 284 g/mol. The van der Waals surface area contributed by atoms with Gasteiger partial charge in [0.25, 0.3) is 0 Å². The molecular formula is C15H16N4S. The zero-order chi connectivity index (χ0) is 13.5. The molecule has 0 saturated heterocycles. The van der Waals surface area contributed by atoms with E-state index in [1.54, 1.807) is 11.3 Å². The molecule has 0 aliphatic carbocycles. The molecule has 3 aromatic rings. The van der Waals surface area contributed by atoms with E-state index in [-0.39, 0.29) is 0 Å². The second kappa shape index (κ2) is 4.68. The first-order valence-corrected chi connectivity index (χ1v) is 7.75. The van der Waals surface area contributed by atoms with Gasteiger partial charge in [0.15, 0.2) is 5.82 Å². The largest absolute Gasteiger partial charge is 0.309 e. The van der Waals surface area contributed by atoms with Crippen molar-refractivity contribution in [3.8, 4) is 0 Å².